The minimum Gasteiger partial charge on any atom is -0.493 e. The maximum Gasteiger partial charge on any atom is 0.162 e. The summed E-state index contributed by atoms with van der Waals surface area (Å²) in [4.78, 5) is 0. The van der Waals surface area contributed by atoms with Crippen LogP contribution in [-0.4, -0.2) is 31.5 Å². The Labute approximate surface area is 103 Å². The van der Waals surface area contributed by atoms with Gasteiger partial charge in [-0.3, -0.25) is 0 Å². The Hall–Kier alpha value is -1.26. The summed E-state index contributed by atoms with van der Waals surface area (Å²) >= 11 is 0. The summed E-state index contributed by atoms with van der Waals surface area (Å²) < 4.78 is 10.9. The highest BCUT2D eigenvalue weighted by molar-refractivity contribution is 5.43. The number of rotatable bonds is 6. The fourth-order valence-electron chi connectivity index (χ4n) is 1.43. The summed E-state index contributed by atoms with van der Waals surface area (Å²) in [5.74, 6) is 1.34. The molecule has 1 aromatic rings. The second-order valence-corrected chi connectivity index (χ2v) is 4.08. The number of aliphatic hydroxyl groups excluding tert-OH is 1. The minimum absolute atomic E-state index is 0.270. The summed E-state index contributed by atoms with van der Waals surface area (Å²) in [7, 11) is 3.50. The summed E-state index contributed by atoms with van der Waals surface area (Å²) in [5.41, 5.74) is 1.11. The van der Waals surface area contributed by atoms with Crippen molar-refractivity contribution in [1.29, 1.82) is 0 Å². The molecule has 1 rings (SSSR count). The zero-order valence-corrected chi connectivity index (χ0v) is 10.9. The molecule has 2 unspecified atom stereocenters. The Kier molecular flexibility index (Phi) is 5.25. The van der Waals surface area contributed by atoms with Gasteiger partial charge in [-0.25, -0.2) is 0 Å². The van der Waals surface area contributed by atoms with Crippen LogP contribution < -0.4 is 14.8 Å². The van der Waals surface area contributed by atoms with Gasteiger partial charge >= 0.3 is 0 Å². The van der Waals surface area contributed by atoms with Crippen molar-refractivity contribution in [3.05, 3.63) is 23.8 Å². The van der Waals surface area contributed by atoms with Gasteiger partial charge in [-0.15, -0.1) is 0 Å². The first-order valence-corrected chi connectivity index (χ1v) is 5.74. The van der Waals surface area contributed by atoms with Crippen LogP contribution in [0.5, 0.6) is 11.5 Å². The van der Waals surface area contributed by atoms with E-state index in [9.17, 15) is 5.11 Å². The van der Waals surface area contributed by atoms with Crippen LogP contribution in [0.15, 0.2) is 18.2 Å². The van der Waals surface area contributed by atoms with Gasteiger partial charge in [0.15, 0.2) is 11.5 Å². The van der Waals surface area contributed by atoms with E-state index in [0.717, 1.165) is 12.1 Å². The summed E-state index contributed by atoms with van der Waals surface area (Å²) in [6, 6.07) is 5.78. The molecular formula is C13H21NO3. The molecule has 2 atom stereocenters. The number of methoxy groups -OCH3 is 1. The lowest BCUT2D eigenvalue weighted by atomic mass is 10.2. The third-order valence-electron chi connectivity index (χ3n) is 2.60. The van der Waals surface area contributed by atoms with Gasteiger partial charge in [0.25, 0.3) is 0 Å². The van der Waals surface area contributed by atoms with Crippen molar-refractivity contribution in [2.45, 2.75) is 32.6 Å². The lowest BCUT2D eigenvalue weighted by molar-refractivity contribution is 0.0586. The highest BCUT2D eigenvalue weighted by Gasteiger charge is 2.13. The molecule has 0 saturated heterocycles. The van der Waals surface area contributed by atoms with Crippen molar-refractivity contribution < 1.29 is 14.6 Å². The largest absolute Gasteiger partial charge is 0.493 e. The fraction of sp³-hybridized carbons (Fsp3) is 0.538. The SMILES string of the molecule is CNCc1ccc(OC)c(OC(C)C(C)O)c1. The first-order chi connectivity index (χ1) is 8.08. The van der Waals surface area contributed by atoms with E-state index >= 15 is 0 Å². The minimum atomic E-state index is -0.521. The molecule has 1 aromatic carbocycles. The first-order valence-electron chi connectivity index (χ1n) is 5.74. The molecule has 0 saturated carbocycles. The van der Waals surface area contributed by atoms with Gasteiger partial charge < -0.3 is 19.9 Å². The number of benzene rings is 1. The van der Waals surface area contributed by atoms with Crippen molar-refractivity contribution >= 4 is 0 Å². The molecule has 0 fully saturated rings. The van der Waals surface area contributed by atoms with Crippen LogP contribution in [0.4, 0.5) is 0 Å². The highest BCUT2D eigenvalue weighted by Crippen LogP contribution is 2.29. The van der Waals surface area contributed by atoms with E-state index in [4.69, 9.17) is 9.47 Å². The van der Waals surface area contributed by atoms with Crippen LogP contribution in [0.3, 0.4) is 0 Å². The normalized spacial score (nSPS) is 14.2. The Bertz CT molecular complexity index is 353. The van der Waals surface area contributed by atoms with Gasteiger partial charge in [-0.1, -0.05) is 6.07 Å². The number of nitrogens with one attached hydrogen (secondary N) is 1. The highest BCUT2D eigenvalue weighted by atomic mass is 16.5. The zero-order valence-electron chi connectivity index (χ0n) is 10.9. The van der Waals surface area contributed by atoms with E-state index in [2.05, 4.69) is 5.32 Å². The second kappa shape index (κ2) is 6.47. The van der Waals surface area contributed by atoms with Crippen molar-refractivity contribution in [2.24, 2.45) is 0 Å². The summed E-state index contributed by atoms with van der Waals surface area (Å²) in [6.45, 7) is 4.30. The lowest BCUT2D eigenvalue weighted by Gasteiger charge is -2.19. The molecule has 0 aliphatic rings. The first kappa shape index (κ1) is 13.8. The van der Waals surface area contributed by atoms with Gasteiger partial charge in [0.1, 0.15) is 6.10 Å². The third-order valence-corrected chi connectivity index (χ3v) is 2.60. The van der Waals surface area contributed by atoms with Crippen LogP contribution in [-0.2, 0) is 6.54 Å². The monoisotopic (exact) mass is 239 g/mol. The van der Waals surface area contributed by atoms with Gasteiger partial charge in [-0.05, 0) is 38.6 Å². The van der Waals surface area contributed by atoms with Gasteiger partial charge in [0.05, 0.1) is 13.2 Å². The molecule has 0 radical (unpaired) electrons. The average molecular weight is 239 g/mol. The smallest absolute Gasteiger partial charge is 0.162 e. The van der Waals surface area contributed by atoms with Gasteiger partial charge in [-0.2, -0.15) is 0 Å². The van der Waals surface area contributed by atoms with Crippen LogP contribution in [0.2, 0.25) is 0 Å². The Morgan fingerprint density at radius 1 is 1.29 bits per heavy atom. The molecule has 0 heterocycles. The predicted molar refractivity (Wildman–Crippen MR) is 67.5 cm³/mol. The van der Waals surface area contributed by atoms with Crippen LogP contribution in [0.1, 0.15) is 19.4 Å². The van der Waals surface area contributed by atoms with E-state index in [1.54, 1.807) is 14.0 Å². The van der Waals surface area contributed by atoms with E-state index in [1.807, 2.05) is 32.2 Å². The third kappa shape index (κ3) is 3.91. The Morgan fingerprint density at radius 2 is 2.00 bits per heavy atom. The zero-order chi connectivity index (χ0) is 12.8. The number of hydrogen-bond donors (Lipinski definition) is 2. The van der Waals surface area contributed by atoms with Crippen molar-refractivity contribution in [2.75, 3.05) is 14.2 Å². The topological polar surface area (TPSA) is 50.7 Å². The molecular weight excluding hydrogens is 218 g/mol. The fourth-order valence-corrected chi connectivity index (χ4v) is 1.43. The predicted octanol–water partition coefficient (Wildman–Crippen LogP) is 1.56. The molecule has 0 spiro atoms. The maximum absolute atomic E-state index is 9.44. The molecule has 0 bridgehead atoms. The summed E-state index contributed by atoms with van der Waals surface area (Å²) in [5, 5.41) is 12.5. The van der Waals surface area contributed by atoms with E-state index in [-0.39, 0.29) is 6.10 Å². The average Bonchev–Trinajstić information content (AvgIpc) is 2.29. The van der Waals surface area contributed by atoms with E-state index < -0.39 is 6.10 Å². The molecule has 0 aromatic heterocycles. The summed E-state index contributed by atoms with van der Waals surface area (Å²) in [6.07, 6.45) is -0.790. The van der Waals surface area contributed by atoms with Crippen molar-refractivity contribution in [1.82, 2.24) is 5.32 Å². The number of aliphatic hydroxyl groups is 1. The lowest BCUT2D eigenvalue weighted by Crippen LogP contribution is -2.25. The standard InChI is InChI=1S/C13H21NO3/c1-9(15)10(2)17-13-7-11(8-14-3)5-6-12(13)16-4/h5-7,9-10,14-15H,8H2,1-4H3. The van der Waals surface area contributed by atoms with Gasteiger partial charge in [0.2, 0.25) is 0 Å². The molecule has 0 aliphatic heterocycles. The Balaban J connectivity index is 2.89. The van der Waals surface area contributed by atoms with Gasteiger partial charge in [0, 0.05) is 6.54 Å². The molecule has 17 heavy (non-hydrogen) atoms. The quantitative estimate of drug-likeness (QED) is 0.791. The van der Waals surface area contributed by atoms with Crippen LogP contribution in [0, 0.1) is 0 Å². The van der Waals surface area contributed by atoms with Crippen molar-refractivity contribution in [3.63, 3.8) is 0 Å². The molecule has 0 aliphatic carbocycles. The maximum atomic E-state index is 9.44. The van der Waals surface area contributed by atoms with Crippen LogP contribution >= 0.6 is 0 Å². The van der Waals surface area contributed by atoms with Crippen molar-refractivity contribution in [3.8, 4) is 11.5 Å². The number of hydrogen-bond acceptors (Lipinski definition) is 4. The molecule has 96 valence electrons. The molecule has 2 N–H and O–H groups in total. The molecule has 4 heteroatoms. The second-order valence-electron chi connectivity index (χ2n) is 4.08. The van der Waals surface area contributed by atoms with E-state index in [0.29, 0.717) is 11.5 Å². The molecule has 4 nitrogen and oxygen atoms in total. The number of ether oxygens (including phenoxy) is 2. The van der Waals surface area contributed by atoms with E-state index in [1.165, 1.54) is 0 Å². The Morgan fingerprint density at radius 3 is 2.53 bits per heavy atom. The molecule has 0 amide bonds. The van der Waals surface area contributed by atoms with Crippen LogP contribution in [0.25, 0.3) is 0 Å².